The Kier molecular flexibility index (Phi) is 8.00. The van der Waals surface area contributed by atoms with Crippen molar-refractivity contribution in [2.75, 3.05) is 0 Å². The normalized spacial score (nSPS) is 20.2. The van der Waals surface area contributed by atoms with Gasteiger partial charge in [-0.2, -0.15) is 0 Å². The van der Waals surface area contributed by atoms with Crippen LogP contribution in [0.5, 0.6) is 5.75 Å². The first-order valence-electron chi connectivity index (χ1n) is 12.5. The van der Waals surface area contributed by atoms with Gasteiger partial charge in [-0.05, 0) is 72.4 Å². The number of halogens is 7. The fourth-order valence-electron chi connectivity index (χ4n) is 5.63. The minimum atomic E-state index is -5.32. The van der Waals surface area contributed by atoms with Crippen LogP contribution in [0.1, 0.15) is 69.4 Å². The largest absolute Gasteiger partial charge is 0.573 e. The highest BCUT2D eigenvalue weighted by Crippen LogP contribution is 2.39. The van der Waals surface area contributed by atoms with E-state index >= 15 is 4.39 Å². The van der Waals surface area contributed by atoms with Crippen molar-refractivity contribution in [2.24, 2.45) is 11.8 Å². The summed E-state index contributed by atoms with van der Waals surface area (Å²) in [4.78, 5) is 0. The van der Waals surface area contributed by atoms with Gasteiger partial charge in [0.05, 0.1) is 5.56 Å². The predicted octanol–water partition coefficient (Wildman–Crippen LogP) is 9.22. The van der Waals surface area contributed by atoms with E-state index in [1.807, 2.05) is 6.08 Å². The highest BCUT2D eigenvalue weighted by atomic mass is 19.4. The van der Waals surface area contributed by atoms with E-state index in [4.69, 9.17) is 0 Å². The fourth-order valence-corrected chi connectivity index (χ4v) is 5.63. The molecule has 1 fully saturated rings. The molecule has 0 heterocycles. The van der Waals surface area contributed by atoms with Gasteiger partial charge in [0.2, 0.25) is 5.75 Å². The van der Waals surface area contributed by atoms with Crippen molar-refractivity contribution in [3.05, 3.63) is 64.2 Å². The van der Waals surface area contributed by atoms with Crippen LogP contribution >= 0.6 is 0 Å². The molecule has 196 valence electrons. The zero-order valence-corrected chi connectivity index (χ0v) is 20.1. The van der Waals surface area contributed by atoms with Crippen LogP contribution in [0.4, 0.5) is 30.7 Å². The van der Waals surface area contributed by atoms with E-state index in [1.165, 1.54) is 38.5 Å². The van der Waals surface area contributed by atoms with Gasteiger partial charge < -0.3 is 4.74 Å². The maximum Gasteiger partial charge on any atom is 0.573 e. The lowest BCUT2D eigenvalue weighted by molar-refractivity contribution is -0.276. The molecule has 2 aromatic carbocycles. The summed E-state index contributed by atoms with van der Waals surface area (Å²) >= 11 is 0. The van der Waals surface area contributed by atoms with Crippen LogP contribution in [0.3, 0.4) is 0 Å². The second kappa shape index (κ2) is 10.9. The van der Waals surface area contributed by atoms with Crippen molar-refractivity contribution < 1.29 is 35.5 Å². The van der Waals surface area contributed by atoms with Crippen LogP contribution in [0.15, 0.2) is 29.8 Å². The molecule has 2 aliphatic rings. The van der Waals surface area contributed by atoms with Gasteiger partial charge in [-0.15, -0.1) is 13.2 Å². The molecule has 1 nitrogen and oxygen atoms in total. The van der Waals surface area contributed by atoms with Crippen molar-refractivity contribution in [2.45, 2.75) is 77.5 Å². The molecule has 0 N–H and O–H groups in total. The molecule has 0 bridgehead atoms. The van der Waals surface area contributed by atoms with E-state index in [2.05, 4.69) is 11.7 Å². The lowest BCUT2D eigenvalue weighted by Gasteiger charge is -2.29. The van der Waals surface area contributed by atoms with Gasteiger partial charge in [0.25, 0.3) is 0 Å². The Balaban J connectivity index is 1.48. The van der Waals surface area contributed by atoms with Crippen LogP contribution in [-0.4, -0.2) is 6.36 Å². The van der Waals surface area contributed by atoms with Crippen LogP contribution in [0.25, 0.3) is 11.1 Å². The second-order valence-corrected chi connectivity index (χ2v) is 9.96. The fraction of sp³-hybridized carbons (Fsp3) is 0.500. The van der Waals surface area contributed by atoms with E-state index in [9.17, 15) is 26.3 Å². The Bertz CT molecular complexity index is 1100. The summed E-state index contributed by atoms with van der Waals surface area (Å²) in [7, 11) is 0. The monoisotopic (exact) mass is 514 g/mol. The molecule has 8 heteroatoms. The summed E-state index contributed by atoms with van der Waals surface area (Å²) in [6, 6.07) is 2.04. The minimum Gasteiger partial charge on any atom is -0.399 e. The molecular formula is C28H29F7O. The average molecular weight is 515 g/mol. The molecule has 0 saturated heterocycles. The number of fused-ring (bicyclic) bond motifs is 1. The number of rotatable bonds is 7. The van der Waals surface area contributed by atoms with Crippen LogP contribution in [0.2, 0.25) is 0 Å². The SMILES string of the molecule is CCCC1CCC(CCC2=CCc3c(cc(F)c(-c4cc(F)c(OC(F)(F)F)c(F)c4)c3F)C2)CC1. The number of ether oxygens (including phenoxy) is 1. The van der Waals surface area contributed by atoms with Crippen molar-refractivity contribution >= 4 is 0 Å². The van der Waals surface area contributed by atoms with E-state index in [0.717, 1.165) is 30.4 Å². The Morgan fingerprint density at radius 2 is 1.47 bits per heavy atom. The van der Waals surface area contributed by atoms with Gasteiger partial charge in [-0.3, -0.25) is 0 Å². The number of allylic oxidation sites excluding steroid dienone is 2. The molecule has 0 radical (unpaired) electrons. The zero-order valence-electron chi connectivity index (χ0n) is 20.1. The van der Waals surface area contributed by atoms with E-state index in [0.29, 0.717) is 30.0 Å². The van der Waals surface area contributed by atoms with Gasteiger partial charge >= 0.3 is 6.36 Å². The molecule has 0 aromatic heterocycles. The molecular weight excluding hydrogens is 485 g/mol. The predicted molar refractivity (Wildman–Crippen MR) is 123 cm³/mol. The highest BCUT2D eigenvalue weighted by molar-refractivity contribution is 5.68. The summed E-state index contributed by atoms with van der Waals surface area (Å²) in [5.41, 5.74) is 0.620. The molecule has 2 aromatic rings. The molecule has 0 atom stereocenters. The summed E-state index contributed by atoms with van der Waals surface area (Å²) < 4.78 is 99.1. The van der Waals surface area contributed by atoms with Crippen molar-refractivity contribution in [3.63, 3.8) is 0 Å². The van der Waals surface area contributed by atoms with Crippen molar-refractivity contribution in [3.8, 4) is 16.9 Å². The zero-order chi connectivity index (χ0) is 26.0. The highest BCUT2D eigenvalue weighted by Gasteiger charge is 2.34. The third-order valence-corrected chi connectivity index (χ3v) is 7.47. The average Bonchev–Trinajstić information content (AvgIpc) is 2.80. The summed E-state index contributed by atoms with van der Waals surface area (Å²) in [6.07, 6.45) is 6.63. The Labute approximate surface area is 206 Å². The van der Waals surface area contributed by atoms with Gasteiger partial charge in [0.1, 0.15) is 11.6 Å². The second-order valence-electron chi connectivity index (χ2n) is 9.96. The summed E-state index contributed by atoms with van der Waals surface area (Å²) in [6.45, 7) is 2.22. The van der Waals surface area contributed by atoms with E-state index in [-0.39, 0.29) is 12.0 Å². The molecule has 1 saturated carbocycles. The Hall–Kier alpha value is -2.51. The minimum absolute atomic E-state index is 0.216. The smallest absolute Gasteiger partial charge is 0.399 e. The number of alkyl halides is 3. The van der Waals surface area contributed by atoms with E-state index < -0.39 is 46.5 Å². The van der Waals surface area contributed by atoms with Gasteiger partial charge in [-0.1, -0.05) is 57.1 Å². The van der Waals surface area contributed by atoms with Crippen molar-refractivity contribution in [1.29, 1.82) is 0 Å². The number of benzene rings is 2. The molecule has 2 aliphatic carbocycles. The van der Waals surface area contributed by atoms with E-state index in [1.54, 1.807) is 0 Å². The molecule has 0 amide bonds. The topological polar surface area (TPSA) is 9.23 Å². The lowest BCUT2D eigenvalue weighted by Crippen LogP contribution is -2.19. The molecule has 0 aliphatic heterocycles. The maximum absolute atomic E-state index is 15.3. The summed E-state index contributed by atoms with van der Waals surface area (Å²) in [5, 5.41) is 0. The number of hydrogen-bond acceptors (Lipinski definition) is 1. The van der Waals surface area contributed by atoms with Crippen LogP contribution in [0, 0.1) is 35.1 Å². The third-order valence-electron chi connectivity index (χ3n) is 7.47. The first-order valence-corrected chi connectivity index (χ1v) is 12.5. The van der Waals surface area contributed by atoms with Crippen LogP contribution in [-0.2, 0) is 12.8 Å². The van der Waals surface area contributed by atoms with Crippen LogP contribution < -0.4 is 4.74 Å². The lowest BCUT2D eigenvalue weighted by atomic mass is 9.77. The molecule has 0 spiro atoms. The first-order chi connectivity index (χ1) is 17.1. The van der Waals surface area contributed by atoms with Crippen molar-refractivity contribution in [1.82, 2.24) is 0 Å². The Morgan fingerprint density at radius 1 is 0.861 bits per heavy atom. The van der Waals surface area contributed by atoms with Gasteiger partial charge in [0, 0.05) is 0 Å². The quantitative estimate of drug-likeness (QED) is 0.264. The van der Waals surface area contributed by atoms with Gasteiger partial charge in [-0.25, -0.2) is 17.6 Å². The molecule has 0 unspecified atom stereocenters. The maximum atomic E-state index is 15.3. The first kappa shape index (κ1) is 26.6. The standard InChI is InChI=1S/C28H29F7O/c1-2-3-16-4-6-17(7-5-16)8-9-18-10-11-21-19(12-18)13-22(29)25(26(21)32)20-14-23(30)27(24(31)15-20)36-28(33,34)35/h10,13-17H,2-9,11-12H2,1H3. The summed E-state index contributed by atoms with van der Waals surface area (Å²) in [5.74, 6) is -5.55. The number of hydrogen-bond donors (Lipinski definition) is 0. The third kappa shape index (κ3) is 6.06. The molecule has 36 heavy (non-hydrogen) atoms. The van der Waals surface area contributed by atoms with Gasteiger partial charge in [0.15, 0.2) is 11.6 Å². The molecule has 4 rings (SSSR count). The Morgan fingerprint density at radius 3 is 2.06 bits per heavy atom.